The van der Waals surface area contributed by atoms with E-state index < -0.39 is 0 Å². The fourth-order valence-electron chi connectivity index (χ4n) is 3.25. The molecule has 2 unspecified atom stereocenters. The predicted octanol–water partition coefficient (Wildman–Crippen LogP) is 1.94. The smallest absolute Gasteiger partial charge is 0.234 e. The monoisotopic (exact) mass is 288 g/mol. The molecule has 2 atom stereocenters. The number of imidazole rings is 1. The summed E-state index contributed by atoms with van der Waals surface area (Å²) < 4.78 is 2.05. The van der Waals surface area contributed by atoms with Crippen LogP contribution in [0.3, 0.4) is 0 Å². The molecule has 3 heterocycles. The predicted molar refractivity (Wildman–Crippen MR) is 82.1 cm³/mol. The maximum absolute atomic E-state index is 9.79. The van der Waals surface area contributed by atoms with E-state index in [4.69, 9.17) is 0 Å². The van der Waals surface area contributed by atoms with Crippen LogP contribution in [0.25, 0.3) is 5.78 Å². The van der Waals surface area contributed by atoms with Crippen molar-refractivity contribution in [1.82, 2.24) is 19.3 Å². The summed E-state index contributed by atoms with van der Waals surface area (Å²) in [5, 5.41) is 9.79. The first-order valence-electron chi connectivity index (χ1n) is 7.75. The van der Waals surface area contributed by atoms with Crippen LogP contribution in [0, 0.1) is 19.8 Å². The quantitative estimate of drug-likeness (QED) is 0.938. The van der Waals surface area contributed by atoms with E-state index in [1.807, 2.05) is 13.8 Å². The third-order valence-electron chi connectivity index (χ3n) is 4.42. The second kappa shape index (κ2) is 5.73. The van der Waals surface area contributed by atoms with Crippen molar-refractivity contribution in [2.45, 2.75) is 46.3 Å². The van der Waals surface area contributed by atoms with E-state index in [1.54, 1.807) is 0 Å². The lowest BCUT2D eigenvalue weighted by Crippen LogP contribution is -2.39. The number of likely N-dealkylation sites (tertiary alicyclic amines) is 1. The molecule has 1 saturated heterocycles. The van der Waals surface area contributed by atoms with Crippen molar-refractivity contribution in [3.8, 4) is 0 Å². The SMILES string of the molecule is Cc1cc(C)n2cc(CN3CCCC(C(C)O)C3)nc2n1. The normalized spacial score (nSPS) is 21.8. The highest BCUT2D eigenvalue weighted by Crippen LogP contribution is 2.21. The molecule has 0 saturated carbocycles. The Morgan fingerprint density at radius 3 is 2.95 bits per heavy atom. The van der Waals surface area contributed by atoms with E-state index in [9.17, 15) is 5.11 Å². The van der Waals surface area contributed by atoms with Crippen LogP contribution in [0.2, 0.25) is 0 Å². The van der Waals surface area contributed by atoms with Crippen molar-refractivity contribution in [3.63, 3.8) is 0 Å². The Hall–Kier alpha value is -1.46. The van der Waals surface area contributed by atoms with Crippen LogP contribution in [0.15, 0.2) is 12.3 Å². The first-order valence-corrected chi connectivity index (χ1v) is 7.75. The third kappa shape index (κ3) is 3.09. The minimum atomic E-state index is -0.222. The molecule has 2 aromatic rings. The highest BCUT2D eigenvalue weighted by atomic mass is 16.3. The van der Waals surface area contributed by atoms with Crippen LogP contribution in [0.1, 0.15) is 36.8 Å². The molecular formula is C16H24N4O. The number of aromatic nitrogens is 3. The van der Waals surface area contributed by atoms with Crippen LogP contribution in [0.4, 0.5) is 0 Å². The van der Waals surface area contributed by atoms with Crippen LogP contribution in [-0.2, 0) is 6.54 Å². The molecule has 1 N–H and O–H groups in total. The molecule has 2 aromatic heterocycles. The minimum absolute atomic E-state index is 0.222. The van der Waals surface area contributed by atoms with Crippen molar-refractivity contribution in [2.24, 2.45) is 5.92 Å². The fraction of sp³-hybridized carbons (Fsp3) is 0.625. The zero-order valence-electron chi connectivity index (χ0n) is 13.1. The van der Waals surface area contributed by atoms with E-state index in [0.717, 1.165) is 55.3 Å². The molecule has 1 aliphatic heterocycles. The van der Waals surface area contributed by atoms with Gasteiger partial charge >= 0.3 is 0 Å². The number of aliphatic hydroxyl groups is 1. The van der Waals surface area contributed by atoms with Gasteiger partial charge in [-0.2, -0.15) is 0 Å². The number of rotatable bonds is 3. The summed E-state index contributed by atoms with van der Waals surface area (Å²) in [5.74, 6) is 1.17. The molecule has 0 aliphatic carbocycles. The Balaban J connectivity index is 1.77. The summed E-state index contributed by atoms with van der Waals surface area (Å²) >= 11 is 0. The van der Waals surface area contributed by atoms with Gasteiger partial charge in [-0.05, 0) is 52.1 Å². The second-order valence-electron chi connectivity index (χ2n) is 6.32. The number of hydrogen-bond donors (Lipinski definition) is 1. The van der Waals surface area contributed by atoms with Crippen molar-refractivity contribution in [1.29, 1.82) is 0 Å². The van der Waals surface area contributed by atoms with Crippen molar-refractivity contribution >= 4 is 5.78 Å². The lowest BCUT2D eigenvalue weighted by Gasteiger charge is -2.33. The minimum Gasteiger partial charge on any atom is -0.393 e. The van der Waals surface area contributed by atoms with Gasteiger partial charge in [0.15, 0.2) is 0 Å². The zero-order valence-corrected chi connectivity index (χ0v) is 13.1. The maximum atomic E-state index is 9.79. The molecule has 114 valence electrons. The number of nitrogens with zero attached hydrogens (tertiary/aromatic N) is 4. The summed E-state index contributed by atoms with van der Waals surface area (Å²) in [4.78, 5) is 11.5. The Bertz CT molecular complexity index is 634. The molecule has 3 rings (SSSR count). The average molecular weight is 288 g/mol. The molecule has 0 spiro atoms. The van der Waals surface area contributed by atoms with E-state index in [0.29, 0.717) is 5.92 Å². The van der Waals surface area contributed by atoms with Gasteiger partial charge in [0, 0.05) is 30.7 Å². The average Bonchev–Trinajstić information content (AvgIpc) is 2.81. The molecule has 0 aromatic carbocycles. The summed E-state index contributed by atoms with van der Waals surface area (Å²) in [6.07, 6.45) is 4.14. The molecular weight excluding hydrogens is 264 g/mol. The topological polar surface area (TPSA) is 53.7 Å². The largest absolute Gasteiger partial charge is 0.393 e. The van der Waals surface area contributed by atoms with Gasteiger partial charge < -0.3 is 5.11 Å². The lowest BCUT2D eigenvalue weighted by molar-refractivity contribution is 0.0595. The summed E-state index contributed by atoms with van der Waals surface area (Å²) in [7, 11) is 0. The van der Waals surface area contributed by atoms with Gasteiger partial charge in [0.25, 0.3) is 0 Å². The fourth-order valence-corrected chi connectivity index (χ4v) is 3.25. The Morgan fingerprint density at radius 1 is 1.38 bits per heavy atom. The van der Waals surface area contributed by atoms with Crippen LogP contribution in [0.5, 0.6) is 0 Å². The van der Waals surface area contributed by atoms with Crippen LogP contribution < -0.4 is 0 Å². The molecule has 5 nitrogen and oxygen atoms in total. The molecule has 0 bridgehead atoms. The van der Waals surface area contributed by atoms with Gasteiger partial charge in [-0.25, -0.2) is 9.97 Å². The Kier molecular flexibility index (Phi) is 3.95. The van der Waals surface area contributed by atoms with Gasteiger partial charge in [0.1, 0.15) is 0 Å². The molecule has 5 heteroatoms. The first-order chi connectivity index (χ1) is 10.0. The highest BCUT2D eigenvalue weighted by Gasteiger charge is 2.24. The summed E-state index contributed by atoms with van der Waals surface area (Å²) in [5.41, 5.74) is 3.23. The van der Waals surface area contributed by atoms with E-state index in [-0.39, 0.29) is 6.10 Å². The van der Waals surface area contributed by atoms with Gasteiger partial charge in [0.05, 0.1) is 11.8 Å². The van der Waals surface area contributed by atoms with Gasteiger partial charge in [-0.15, -0.1) is 0 Å². The number of hydrogen-bond acceptors (Lipinski definition) is 4. The maximum Gasteiger partial charge on any atom is 0.234 e. The van der Waals surface area contributed by atoms with Crippen LogP contribution in [-0.4, -0.2) is 43.6 Å². The summed E-state index contributed by atoms with van der Waals surface area (Å²) in [6, 6.07) is 2.07. The highest BCUT2D eigenvalue weighted by molar-refractivity contribution is 5.34. The molecule has 21 heavy (non-hydrogen) atoms. The van der Waals surface area contributed by atoms with Crippen LogP contribution >= 0.6 is 0 Å². The van der Waals surface area contributed by atoms with Crippen molar-refractivity contribution < 1.29 is 5.11 Å². The van der Waals surface area contributed by atoms with E-state index >= 15 is 0 Å². The van der Waals surface area contributed by atoms with Gasteiger partial charge in [0.2, 0.25) is 5.78 Å². The van der Waals surface area contributed by atoms with Gasteiger partial charge in [-0.3, -0.25) is 9.30 Å². The number of aliphatic hydroxyl groups excluding tert-OH is 1. The molecule has 1 aliphatic rings. The third-order valence-corrected chi connectivity index (χ3v) is 4.42. The van der Waals surface area contributed by atoms with E-state index in [2.05, 4.69) is 38.5 Å². The first kappa shape index (κ1) is 14.5. The van der Waals surface area contributed by atoms with Gasteiger partial charge in [-0.1, -0.05) is 0 Å². The molecule has 0 amide bonds. The zero-order chi connectivity index (χ0) is 15.0. The van der Waals surface area contributed by atoms with Crippen molar-refractivity contribution in [2.75, 3.05) is 13.1 Å². The number of piperidine rings is 1. The number of aryl methyl sites for hydroxylation is 2. The molecule has 1 fully saturated rings. The Morgan fingerprint density at radius 2 is 2.19 bits per heavy atom. The number of fused-ring (bicyclic) bond motifs is 1. The standard InChI is InChI=1S/C16H24N4O/c1-11-7-12(2)20-10-15(18-16(20)17-11)9-19-6-4-5-14(8-19)13(3)21/h7,10,13-14,21H,4-6,8-9H2,1-3H3. The van der Waals surface area contributed by atoms with E-state index in [1.165, 1.54) is 0 Å². The lowest BCUT2D eigenvalue weighted by atomic mass is 9.93. The second-order valence-corrected chi connectivity index (χ2v) is 6.32. The van der Waals surface area contributed by atoms with Crippen molar-refractivity contribution in [3.05, 3.63) is 29.3 Å². The summed E-state index contributed by atoms with van der Waals surface area (Å²) in [6.45, 7) is 8.86. The molecule has 0 radical (unpaired) electrons. The Labute approximate surface area is 125 Å².